The SMILES string of the molecule is CNC1COCC1C(=O)c1cc(C)ccc1OC. The molecule has 1 aliphatic heterocycles. The number of aryl methyl sites for hydroxylation is 1. The molecule has 0 bridgehead atoms. The van der Waals surface area contributed by atoms with Gasteiger partial charge in [-0.2, -0.15) is 0 Å². The van der Waals surface area contributed by atoms with Gasteiger partial charge in [-0.15, -0.1) is 0 Å². The van der Waals surface area contributed by atoms with Crippen molar-refractivity contribution in [2.45, 2.75) is 13.0 Å². The Kier molecular flexibility index (Phi) is 3.99. The number of Topliss-reactive ketones (excluding diaryl/α,β-unsaturated/α-hetero) is 1. The Bertz CT molecular complexity index is 445. The minimum atomic E-state index is -0.134. The van der Waals surface area contributed by atoms with Crippen LogP contribution in [-0.2, 0) is 4.74 Å². The summed E-state index contributed by atoms with van der Waals surface area (Å²) in [6.45, 7) is 3.03. The molecule has 1 heterocycles. The van der Waals surface area contributed by atoms with Gasteiger partial charge in [0.05, 0.1) is 31.8 Å². The van der Waals surface area contributed by atoms with Crippen LogP contribution in [0.25, 0.3) is 0 Å². The molecular formula is C14H19NO3. The van der Waals surface area contributed by atoms with Crippen LogP contribution < -0.4 is 10.1 Å². The highest BCUT2D eigenvalue weighted by Gasteiger charge is 2.34. The predicted molar refractivity (Wildman–Crippen MR) is 69.2 cm³/mol. The summed E-state index contributed by atoms with van der Waals surface area (Å²) < 4.78 is 10.7. The van der Waals surface area contributed by atoms with E-state index in [2.05, 4.69) is 5.32 Å². The lowest BCUT2D eigenvalue weighted by molar-refractivity contribution is 0.0889. The van der Waals surface area contributed by atoms with Crippen LogP contribution >= 0.6 is 0 Å². The van der Waals surface area contributed by atoms with Crippen molar-refractivity contribution >= 4 is 5.78 Å². The topological polar surface area (TPSA) is 47.6 Å². The predicted octanol–water partition coefficient (Wildman–Crippen LogP) is 1.42. The Morgan fingerprint density at radius 1 is 1.44 bits per heavy atom. The van der Waals surface area contributed by atoms with Gasteiger partial charge in [-0.05, 0) is 26.1 Å². The highest BCUT2D eigenvalue weighted by Crippen LogP contribution is 2.26. The van der Waals surface area contributed by atoms with E-state index >= 15 is 0 Å². The summed E-state index contributed by atoms with van der Waals surface area (Å²) in [5.41, 5.74) is 1.70. The van der Waals surface area contributed by atoms with Gasteiger partial charge in [-0.25, -0.2) is 0 Å². The van der Waals surface area contributed by atoms with E-state index in [1.165, 1.54) is 0 Å². The highest BCUT2D eigenvalue weighted by molar-refractivity contribution is 6.01. The Hall–Kier alpha value is -1.39. The lowest BCUT2D eigenvalue weighted by atomic mass is 9.92. The molecule has 1 saturated heterocycles. The summed E-state index contributed by atoms with van der Waals surface area (Å²) in [6.07, 6.45) is 0. The van der Waals surface area contributed by atoms with Gasteiger partial charge >= 0.3 is 0 Å². The number of nitrogens with one attached hydrogen (secondary N) is 1. The van der Waals surface area contributed by atoms with Gasteiger partial charge in [-0.3, -0.25) is 4.79 Å². The first-order valence-electron chi connectivity index (χ1n) is 6.11. The molecule has 2 rings (SSSR count). The van der Waals surface area contributed by atoms with Crippen LogP contribution in [0.3, 0.4) is 0 Å². The number of rotatable bonds is 4. The van der Waals surface area contributed by atoms with Crippen LogP contribution in [0.1, 0.15) is 15.9 Å². The number of hydrogen-bond donors (Lipinski definition) is 1. The smallest absolute Gasteiger partial charge is 0.173 e. The van der Waals surface area contributed by atoms with Crippen molar-refractivity contribution in [1.29, 1.82) is 0 Å². The van der Waals surface area contributed by atoms with Crippen molar-refractivity contribution in [1.82, 2.24) is 5.32 Å². The first-order chi connectivity index (χ1) is 8.67. The third-order valence-electron chi connectivity index (χ3n) is 3.41. The molecule has 2 unspecified atom stereocenters. The second-order valence-corrected chi connectivity index (χ2v) is 4.61. The number of ether oxygens (including phenoxy) is 2. The van der Waals surface area contributed by atoms with E-state index in [0.717, 1.165) is 5.56 Å². The summed E-state index contributed by atoms with van der Waals surface area (Å²) >= 11 is 0. The minimum absolute atomic E-state index is 0.0859. The Morgan fingerprint density at radius 3 is 2.89 bits per heavy atom. The molecule has 0 radical (unpaired) electrons. The lowest BCUT2D eigenvalue weighted by Crippen LogP contribution is -2.37. The average Bonchev–Trinajstić information content (AvgIpc) is 2.86. The largest absolute Gasteiger partial charge is 0.496 e. The van der Waals surface area contributed by atoms with E-state index in [1.54, 1.807) is 7.11 Å². The molecule has 1 aromatic rings. The third kappa shape index (κ3) is 2.40. The maximum Gasteiger partial charge on any atom is 0.173 e. The molecule has 0 aromatic heterocycles. The van der Waals surface area contributed by atoms with Crippen LogP contribution in [0.15, 0.2) is 18.2 Å². The van der Waals surface area contributed by atoms with Crippen molar-refractivity contribution < 1.29 is 14.3 Å². The van der Waals surface area contributed by atoms with Crippen LogP contribution in [0.2, 0.25) is 0 Å². The Balaban J connectivity index is 2.30. The number of likely N-dealkylation sites (N-methyl/N-ethyl adjacent to an activating group) is 1. The zero-order valence-electron chi connectivity index (χ0n) is 11.0. The fourth-order valence-corrected chi connectivity index (χ4v) is 2.31. The molecule has 0 spiro atoms. The Morgan fingerprint density at radius 2 is 2.22 bits per heavy atom. The van der Waals surface area contributed by atoms with Crippen molar-refractivity contribution in [3.8, 4) is 5.75 Å². The molecule has 4 heteroatoms. The highest BCUT2D eigenvalue weighted by atomic mass is 16.5. The maximum atomic E-state index is 12.5. The summed E-state index contributed by atoms with van der Waals surface area (Å²) in [7, 11) is 3.44. The molecule has 2 atom stereocenters. The number of carbonyl (C=O) groups excluding carboxylic acids is 1. The van der Waals surface area contributed by atoms with E-state index in [1.807, 2.05) is 32.2 Å². The summed E-state index contributed by atoms with van der Waals surface area (Å²) in [6, 6.07) is 5.75. The van der Waals surface area contributed by atoms with E-state index in [9.17, 15) is 4.79 Å². The van der Waals surface area contributed by atoms with Crippen LogP contribution in [0.4, 0.5) is 0 Å². The van der Waals surface area contributed by atoms with E-state index in [0.29, 0.717) is 24.5 Å². The molecule has 0 aliphatic carbocycles. The average molecular weight is 249 g/mol. The molecule has 1 aliphatic rings. The fraction of sp³-hybridized carbons (Fsp3) is 0.500. The molecule has 98 valence electrons. The summed E-state index contributed by atoms with van der Waals surface area (Å²) in [5, 5.41) is 3.13. The zero-order chi connectivity index (χ0) is 13.1. The van der Waals surface area contributed by atoms with E-state index < -0.39 is 0 Å². The summed E-state index contributed by atoms with van der Waals surface area (Å²) in [5.74, 6) is 0.588. The van der Waals surface area contributed by atoms with Gasteiger partial charge in [0.1, 0.15) is 5.75 Å². The first kappa shape index (κ1) is 13.1. The zero-order valence-corrected chi connectivity index (χ0v) is 11.0. The number of benzene rings is 1. The molecule has 4 nitrogen and oxygen atoms in total. The van der Waals surface area contributed by atoms with Crippen molar-refractivity contribution in [2.24, 2.45) is 5.92 Å². The second-order valence-electron chi connectivity index (χ2n) is 4.61. The molecule has 0 amide bonds. The van der Waals surface area contributed by atoms with Crippen LogP contribution in [-0.4, -0.2) is 39.2 Å². The summed E-state index contributed by atoms with van der Waals surface area (Å²) in [4.78, 5) is 12.5. The fourth-order valence-electron chi connectivity index (χ4n) is 2.31. The quantitative estimate of drug-likeness (QED) is 0.820. The van der Waals surface area contributed by atoms with Crippen molar-refractivity contribution in [3.63, 3.8) is 0 Å². The maximum absolute atomic E-state index is 12.5. The van der Waals surface area contributed by atoms with Crippen molar-refractivity contribution in [2.75, 3.05) is 27.4 Å². The van der Waals surface area contributed by atoms with Crippen LogP contribution in [0.5, 0.6) is 5.75 Å². The number of hydrogen-bond acceptors (Lipinski definition) is 4. The monoisotopic (exact) mass is 249 g/mol. The van der Waals surface area contributed by atoms with Gasteiger partial charge in [0.15, 0.2) is 5.78 Å². The molecule has 1 N–H and O–H groups in total. The van der Waals surface area contributed by atoms with Gasteiger partial charge < -0.3 is 14.8 Å². The van der Waals surface area contributed by atoms with Gasteiger partial charge in [0.2, 0.25) is 0 Å². The molecule has 1 fully saturated rings. The van der Waals surface area contributed by atoms with Gasteiger partial charge in [0, 0.05) is 6.04 Å². The van der Waals surface area contributed by atoms with Crippen LogP contribution in [0, 0.1) is 12.8 Å². The standard InChI is InChI=1S/C14H19NO3/c1-9-4-5-13(17-3)10(6-9)14(16)11-7-18-8-12(11)15-2/h4-6,11-12,15H,7-8H2,1-3H3. The van der Waals surface area contributed by atoms with Gasteiger partial charge in [0.25, 0.3) is 0 Å². The number of methoxy groups -OCH3 is 1. The van der Waals surface area contributed by atoms with E-state index in [4.69, 9.17) is 9.47 Å². The number of ketones is 1. The van der Waals surface area contributed by atoms with E-state index in [-0.39, 0.29) is 17.7 Å². The van der Waals surface area contributed by atoms with Crippen molar-refractivity contribution in [3.05, 3.63) is 29.3 Å². The molecule has 0 saturated carbocycles. The van der Waals surface area contributed by atoms with Gasteiger partial charge in [-0.1, -0.05) is 11.6 Å². The Labute approximate surface area is 107 Å². The molecular weight excluding hydrogens is 230 g/mol. The second kappa shape index (κ2) is 5.50. The normalized spacial score (nSPS) is 23.1. The molecule has 18 heavy (non-hydrogen) atoms. The third-order valence-corrected chi connectivity index (χ3v) is 3.41. The number of carbonyl (C=O) groups is 1. The molecule has 1 aromatic carbocycles. The minimum Gasteiger partial charge on any atom is -0.496 e. The lowest BCUT2D eigenvalue weighted by Gasteiger charge is -2.17. The first-order valence-corrected chi connectivity index (χ1v) is 6.11.